The lowest BCUT2D eigenvalue weighted by Gasteiger charge is -1.98. The van der Waals surface area contributed by atoms with E-state index in [0.717, 1.165) is 4.68 Å². The molecule has 0 unspecified atom stereocenters. The number of pyridine rings is 1. The first-order valence-electron chi connectivity index (χ1n) is 4.44. The highest BCUT2D eigenvalue weighted by Gasteiger charge is 2.13. The highest BCUT2D eigenvalue weighted by molar-refractivity contribution is 5.82. The molecule has 7 nitrogen and oxygen atoms in total. The molecule has 16 heavy (non-hydrogen) atoms. The minimum atomic E-state index is -1.29. The first-order valence-corrected chi connectivity index (χ1v) is 4.44. The van der Waals surface area contributed by atoms with Crippen LogP contribution in [0, 0.1) is 6.92 Å². The van der Waals surface area contributed by atoms with Crippen LogP contribution in [-0.4, -0.2) is 30.8 Å². The maximum atomic E-state index is 11.4. The van der Waals surface area contributed by atoms with Crippen LogP contribution in [0.25, 0.3) is 5.82 Å². The zero-order chi connectivity index (χ0) is 11.7. The maximum absolute atomic E-state index is 11.4. The van der Waals surface area contributed by atoms with Crippen molar-refractivity contribution in [2.75, 3.05) is 0 Å². The van der Waals surface area contributed by atoms with Gasteiger partial charge in [-0.25, -0.2) is 14.6 Å². The number of nitrogens with zero attached hydrogens (tertiary/aromatic N) is 3. The van der Waals surface area contributed by atoms with Gasteiger partial charge in [0, 0.05) is 5.69 Å². The molecule has 0 saturated heterocycles. The smallest absolute Gasteiger partial charge is 0.373 e. The standard InChI is InChI=1S/C9H8N4O3/c1-5-3-2-4-6(10-5)13-9(16)11-7(12-13)8(14)15/h2-4H,1H3,(H,14,15)(H,11,12,16). The molecule has 2 aromatic heterocycles. The Hall–Kier alpha value is -2.44. The number of carboxylic acid groups (broad SMARTS) is 1. The van der Waals surface area contributed by atoms with E-state index >= 15 is 0 Å². The number of aromatic carboxylic acids is 1. The second-order valence-corrected chi connectivity index (χ2v) is 3.13. The molecule has 2 N–H and O–H groups in total. The fourth-order valence-electron chi connectivity index (χ4n) is 1.22. The van der Waals surface area contributed by atoms with Gasteiger partial charge in [-0.05, 0) is 19.1 Å². The molecule has 0 amide bonds. The molecule has 82 valence electrons. The molecule has 2 heterocycles. The van der Waals surface area contributed by atoms with Crippen LogP contribution in [0.5, 0.6) is 0 Å². The zero-order valence-corrected chi connectivity index (χ0v) is 8.34. The largest absolute Gasteiger partial charge is 0.475 e. The number of hydrogen-bond donors (Lipinski definition) is 2. The minimum Gasteiger partial charge on any atom is -0.475 e. The van der Waals surface area contributed by atoms with Crippen molar-refractivity contribution < 1.29 is 9.90 Å². The molecule has 0 radical (unpaired) electrons. The summed E-state index contributed by atoms with van der Waals surface area (Å²) in [4.78, 5) is 28.2. The number of hydrogen-bond acceptors (Lipinski definition) is 4. The van der Waals surface area contributed by atoms with Crippen molar-refractivity contribution >= 4 is 5.97 Å². The third-order valence-electron chi connectivity index (χ3n) is 1.91. The van der Waals surface area contributed by atoms with Crippen molar-refractivity contribution in [3.63, 3.8) is 0 Å². The van der Waals surface area contributed by atoms with Crippen molar-refractivity contribution in [3.05, 3.63) is 40.2 Å². The fourth-order valence-corrected chi connectivity index (χ4v) is 1.22. The maximum Gasteiger partial charge on any atom is 0.373 e. The van der Waals surface area contributed by atoms with E-state index < -0.39 is 17.5 Å². The molecule has 0 aliphatic carbocycles. The van der Waals surface area contributed by atoms with Crippen LogP contribution >= 0.6 is 0 Å². The fraction of sp³-hybridized carbons (Fsp3) is 0.111. The van der Waals surface area contributed by atoms with E-state index in [9.17, 15) is 9.59 Å². The molecule has 0 aromatic carbocycles. The molecule has 0 atom stereocenters. The van der Waals surface area contributed by atoms with Crippen molar-refractivity contribution in [1.82, 2.24) is 19.7 Å². The number of rotatable bonds is 2. The highest BCUT2D eigenvalue weighted by atomic mass is 16.4. The summed E-state index contributed by atoms with van der Waals surface area (Å²) in [6, 6.07) is 5.04. The summed E-state index contributed by atoms with van der Waals surface area (Å²) in [6.45, 7) is 1.76. The lowest BCUT2D eigenvalue weighted by molar-refractivity contribution is 0.0683. The van der Waals surface area contributed by atoms with Crippen LogP contribution in [0.2, 0.25) is 0 Å². The van der Waals surface area contributed by atoms with Gasteiger partial charge in [-0.2, -0.15) is 4.68 Å². The van der Waals surface area contributed by atoms with Gasteiger partial charge < -0.3 is 5.11 Å². The summed E-state index contributed by atoms with van der Waals surface area (Å²) in [5, 5.41) is 12.3. The number of carboxylic acids is 1. The third kappa shape index (κ3) is 1.70. The molecule has 0 fully saturated rings. The van der Waals surface area contributed by atoms with Crippen LogP contribution in [0.3, 0.4) is 0 Å². The van der Waals surface area contributed by atoms with Crippen LogP contribution in [0.4, 0.5) is 0 Å². The summed E-state index contributed by atoms with van der Waals surface area (Å²) >= 11 is 0. The quantitative estimate of drug-likeness (QED) is 0.739. The summed E-state index contributed by atoms with van der Waals surface area (Å²) in [6.07, 6.45) is 0. The molecular weight excluding hydrogens is 212 g/mol. The van der Waals surface area contributed by atoms with Gasteiger partial charge in [-0.15, -0.1) is 5.10 Å². The Morgan fingerprint density at radius 1 is 1.50 bits per heavy atom. The van der Waals surface area contributed by atoms with Crippen molar-refractivity contribution in [2.24, 2.45) is 0 Å². The van der Waals surface area contributed by atoms with Gasteiger partial charge in [-0.1, -0.05) is 6.07 Å². The van der Waals surface area contributed by atoms with E-state index in [1.54, 1.807) is 25.1 Å². The number of aromatic nitrogens is 4. The summed E-state index contributed by atoms with van der Waals surface area (Å²) in [7, 11) is 0. The average molecular weight is 220 g/mol. The van der Waals surface area contributed by atoms with Gasteiger partial charge in [-0.3, -0.25) is 4.98 Å². The third-order valence-corrected chi connectivity index (χ3v) is 1.91. The Bertz CT molecular complexity index is 599. The molecule has 0 spiro atoms. The van der Waals surface area contributed by atoms with Gasteiger partial charge in [0.1, 0.15) is 0 Å². The lowest BCUT2D eigenvalue weighted by atomic mass is 10.4. The number of nitrogens with one attached hydrogen (secondary N) is 1. The van der Waals surface area contributed by atoms with Crippen LogP contribution in [-0.2, 0) is 0 Å². The first-order chi connectivity index (χ1) is 7.58. The van der Waals surface area contributed by atoms with E-state index in [1.165, 1.54) is 0 Å². The van der Waals surface area contributed by atoms with E-state index in [4.69, 9.17) is 5.11 Å². The molecule has 0 bridgehead atoms. The minimum absolute atomic E-state index is 0.286. The summed E-state index contributed by atoms with van der Waals surface area (Å²) in [5.41, 5.74) is 0.0831. The Kier molecular flexibility index (Phi) is 2.28. The molecule has 2 aromatic rings. The van der Waals surface area contributed by atoms with Gasteiger partial charge in [0.2, 0.25) is 5.82 Å². The van der Waals surface area contributed by atoms with E-state index in [-0.39, 0.29) is 5.82 Å². The number of aromatic amines is 1. The highest BCUT2D eigenvalue weighted by Crippen LogP contribution is 2.01. The van der Waals surface area contributed by atoms with Crippen LogP contribution in [0.15, 0.2) is 23.0 Å². The molecule has 2 rings (SSSR count). The van der Waals surface area contributed by atoms with Gasteiger partial charge in [0.15, 0.2) is 5.82 Å². The van der Waals surface area contributed by atoms with E-state index in [1.807, 2.05) is 0 Å². The normalized spacial score (nSPS) is 10.3. The summed E-state index contributed by atoms with van der Waals surface area (Å²) < 4.78 is 0.913. The number of H-pyrrole nitrogens is 1. The second-order valence-electron chi connectivity index (χ2n) is 3.13. The average Bonchev–Trinajstić information content (AvgIpc) is 2.60. The zero-order valence-electron chi connectivity index (χ0n) is 8.34. The first kappa shape index (κ1) is 10.1. The SMILES string of the molecule is Cc1cccc(-n2nc(C(=O)O)[nH]c2=O)n1. The number of aryl methyl sites for hydroxylation is 1. The molecule has 0 aliphatic rings. The van der Waals surface area contributed by atoms with Crippen molar-refractivity contribution in [2.45, 2.75) is 6.92 Å². The van der Waals surface area contributed by atoms with Gasteiger partial charge >= 0.3 is 11.7 Å². The van der Waals surface area contributed by atoms with Gasteiger partial charge in [0.05, 0.1) is 0 Å². The van der Waals surface area contributed by atoms with E-state index in [2.05, 4.69) is 15.1 Å². The van der Waals surface area contributed by atoms with Crippen molar-refractivity contribution in [3.8, 4) is 5.82 Å². The lowest BCUT2D eigenvalue weighted by Crippen LogP contribution is -2.17. The number of carbonyl (C=O) groups is 1. The molecule has 7 heteroatoms. The van der Waals surface area contributed by atoms with Crippen LogP contribution in [0.1, 0.15) is 16.3 Å². The predicted octanol–water partition coefficient (Wildman–Crippen LogP) is -0.0378. The topological polar surface area (TPSA) is 101 Å². The Morgan fingerprint density at radius 3 is 2.81 bits per heavy atom. The second kappa shape index (κ2) is 3.61. The summed E-state index contributed by atoms with van der Waals surface area (Å²) in [5.74, 6) is -1.41. The molecule has 0 aliphatic heterocycles. The van der Waals surface area contributed by atoms with Crippen LogP contribution < -0.4 is 5.69 Å². The van der Waals surface area contributed by atoms with E-state index in [0.29, 0.717) is 5.69 Å². The van der Waals surface area contributed by atoms with Gasteiger partial charge in [0.25, 0.3) is 0 Å². The molecule has 0 saturated carbocycles. The Morgan fingerprint density at radius 2 is 2.25 bits per heavy atom. The molecular formula is C9H8N4O3. The Balaban J connectivity index is 2.56. The Labute approximate surface area is 89.4 Å². The van der Waals surface area contributed by atoms with Crippen molar-refractivity contribution in [1.29, 1.82) is 0 Å². The monoisotopic (exact) mass is 220 g/mol. The predicted molar refractivity (Wildman–Crippen MR) is 53.7 cm³/mol.